The number of benzene rings is 1. The van der Waals surface area contributed by atoms with Crippen molar-refractivity contribution in [1.29, 1.82) is 0 Å². The predicted molar refractivity (Wildman–Crippen MR) is 99.3 cm³/mol. The summed E-state index contributed by atoms with van der Waals surface area (Å²) in [5.74, 6) is -0.190. The van der Waals surface area contributed by atoms with E-state index in [-0.39, 0.29) is 17.3 Å². The molecule has 0 radical (unpaired) electrons. The second kappa shape index (κ2) is 8.03. The number of amides is 1. The third-order valence-corrected chi connectivity index (χ3v) is 5.23. The lowest BCUT2D eigenvalue weighted by molar-refractivity contribution is -0.384. The van der Waals surface area contributed by atoms with Gasteiger partial charge >= 0.3 is 0 Å². The van der Waals surface area contributed by atoms with Gasteiger partial charge in [-0.3, -0.25) is 19.8 Å². The summed E-state index contributed by atoms with van der Waals surface area (Å²) in [5.41, 5.74) is 0.414. The smallest absolute Gasteiger partial charge is 0.295 e. The fraction of sp³-hybridized carbons (Fsp3) is 0.500. The van der Waals surface area contributed by atoms with Crippen LogP contribution in [0.15, 0.2) is 30.9 Å². The molecule has 0 aliphatic carbocycles. The quantitative estimate of drug-likeness (QED) is 0.560. The molecule has 28 heavy (non-hydrogen) atoms. The minimum atomic E-state index is -0.507. The Bertz CT molecular complexity index is 842. The van der Waals surface area contributed by atoms with Crippen LogP contribution in [0, 0.1) is 10.1 Å². The molecule has 3 heterocycles. The van der Waals surface area contributed by atoms with Crippen LogP contribution in [0.5, 0.6) is 0 Å². The van der Waals surface area contributed by atoms with Gasteiger partial charge in [-0.15, -0.1) is 0 Å². The van der Waals surface area contributed by atoms with Crippen LogP contribution in [-0.2, 0) is 4.74 Å². The third kappa shape index (κ3) is 3.87. The lowest BCUT2D eigenvalue weighted by Crippen LogP contribution is -2.50. The summed E-state index contributed by atoms with van der Waals surface area (Å²) in [5, 5.41) is 15.4. The highest BCUT2D eigenvalue weighted by Crippen LogP contribution is 2.24. The van der Waals surface area contributed by atoms with Crippen LogP contribution in [0.3, 0.4) is 0 Å². The van der Waals surface area contributed by atoms with Crippen LogP contribution < -0.4 is 0 Å². The highest BCUT2D eigenvalue weighted by molar-refractivity contribution is 5.95. The number of carbonyl (C=O) groups excluding carboxylic acids is 1. The van der Waals surface area contributed by atoms with E-state index < -0.39 is 4.92 Å². The van der Waals surface area contributed by atoms with Crippen molar-refractivity contribution in [1.82, 2.24) is 24.6 Å². The van der Waals surface area contributed by atoms with Crippen LogP contribution in [0.25, 0.3) is 5.69 Å². The maximum absolute atomic E-state index is 12.8. The van der Waals surface area contributed by atoms with Crippen molar-refractivity contribution >= 4 is 11.6 Å². The van der Waals surface area contributed by atoms with Crippen molar-refractivity contribution in [3.8, 4) is 5.69 Å². The Kier molecular flexibility index (Phi) is 5.31. The summed E-state index contributed by atoms with van der Waals surface area (Å²) in [4.78, 5) is 31.7. The predicted octanol–water partition coefficient (Wildman–Crippen LogP) is 1.11. The number of nitro groups is 1. The molecule has 10 nitrogen and oxygen atoms in total. The molecule has 148 valence electrons. The number of hydrogen-bond donors (Lipinski definition) is 0. The van der Waals surface area contributed by atoms with Gasteiger partial charge < -0.3 is 9.64 Å². The zero-order valence-electron chi connectivity index (χ0n) is 15.4. The summed E-state index contributed by atoms with van der Waals surface area (Å²) in [6.07, 6.45) is 5.21. The lowest BCUT2D eigenvalue weighted by atomic mass is 10.1. The number of piperazine rings is 1. The number of aromatic nitrogens is 3. The molecule has 1 amide bonds. The first-order chi connectivity index (χ1) is 13.6. The molecule has 1 atom stereocenters. The fourth-order valence-electron chi connectivity index (χ4n) is 3.72. The maximum Gasteiger partial charge on any atom is 0.295 e. The Hall–Kier alpha value is -2.85. The third-order valence-electron chi connectivity index (χ3n) is 5.23. The Balaban J connectivity index is 1.43. The summed E-state index contributed by atoms with van der Waals surface area (Å²) < 4.78 is 6.99. The number of carbonyl (C=O) groups is 1. The Labute approximate surface area is 161 Å². The summed E-state index contributed by atoms with van der Waals surface area (Å²) in [6, 6.07) is 4.46. The van der Waals surface area contributed by atoms with Crippen LogP contribution in [0.1, 0.15) is 23.2 Å². The number of nitro benzene ring substituents is 1. The average molecular weight is 386 g/mol. The first-order valence-corrected chi connectivity index (χ1v) is 9.38. The number of ether oxygens (including phenoxy) is 1. The zero-order chi connectivity index (χ0) is 19.5. The minimum Gasteiger partial charge on any atom is -0.377 e. The monoisotopic (exact) mass is 386 g/mol. The molecule has 1 aromatic heterocycles. The van der Waals surface area contributed by atoms with Gasteiger partial charge in [0.2, 0.25) is 0 Å². The molecule has 0 saturated carbocycles. The Morgan fingerprint density at radius 1 is 1.29 bits per heavy atom. The van der Waals surface area contributed by atoms with Gasteiger partial charge in [0.1, 0.15) is 18.3 Å². The van der Waals surface area contributed by atoms with Gasteiger partial charge in [-0.2, -0.15) is 5.10 Å². The first kappa shape index (κ1) is 18.5. The number of hydrogen-bond acceptors (Lipinski definition) is 7. The fourth-order valence-corrected chi connectivity index (χ4v) is 3.72. The van der Waals surface area contributed by atoms with E-state index in [1.54, 1.807) is 11.0 Å². The topological polar surface area (TPSA) is 107 Å². The summed E-state index contributed by atoms with van der Waals surface area (Å²) in [7, 11) is 0. The van der Waals surface area contributed by atoms with E-state index in [4.69, 9.17) is 4.74 Å². The van der Waals surface area contributed by atoms with E-state index in [9.17, 15) is 14.9 Å². The number of rotatable bonds is 5. The summed E-state index contributed by atoms with van der Waals surface area (Å²) in [6.45, 7) is 4.51. The van der Waals surface area contributed by atoms with Crippen molar-refractivity contribution in [2.75, 3.05) is 39.3 Å². The lowest BCUT2D eigenvalue weighted by Gasteiger charge is -2.35. The molecule has 0 spiro atoms. The number of nitrogens with zero attached hydrogens (tertiary/aromatic N) is 6. The molecule has 10 heteroatoms. The van der Waals surface area contributed by atoms with Crippen molar-refractivity contribution < 1.29 is 14.5 Å². The van der Waals surface area contributed by atoms with E-state index >= 15 is 0 Å². The molecule has 2 aliphatic heterocycles. The van der Waals surface area contributed by atoms with Gasteiger partial charge in [0.15, 0.2) is 0 Å². The van der Waals surface area contributed by atoms with Crippen molar-refractivity contribution in [2.45, 2.75) is 18.9 Å². The second-order valence-electron chi connectivity index (χ2n) is 7.03. The van der Waals surface area contributed by atoms with Gasteiger partial charge in [-0.05, 0) is 25.0 Å². The summed E-state index contributed by atoms with van der Waals surface area (Å²) >= 11 is 0. The van der Waals surface area contributed by atoms with E-state index in [0.717, 1.165) is 39.1 Å². The van der Waals surface area contributed by atoms with Crippen LogP contribution in [-0.4, -0.2) is 80.8 Å². The zero-order valence-corrected chi connectivity index (χ0v) is 15.4. The molecule has 2 aliphatic rings. The van der Waals surface area contributed by atoms with E-state index in [1.807, 2.05) is 0 Å². The normalized spacial score (nSPS) is 20.4. The van der Waals surface area contributed by atoms with Gasteiger partial charge in [-0.1, -0.05) is 0 Å². The molecule has 0 bridgehead atoms. The van der Waals surface area contributed by atoms with Gasteiger partial charge in [0.25, 0.3) is 11.6 Å². The van der Waals surface area contributed by atoms with Crippen molar-refractivity contribution in [3.63, 3.8) is 0 Å². The molecular formula is C18H22N6O4. The molecule has 4 rings (SSSR count). The van der Waals surface area contributed by atoms with Crippen LogP contribution >= 0.6 is 0 Å². The second-order valence-corrected chi connectivity index (χ2v) is 7.03. The molecule has 0 N–H and O–H groups in total. The van der Waals surface area contributed by atoms with Gasteiger partial charge in [0, 0.05) is 51.0 Å². The van der Waals surface area contributed by atoms with Crippen molar-refractivity contribution in [2.24, 2.45) is 0 Å². The largest absolute Gasteiger partial charge is 0.377 e. The van der Waals surface area contributed by atoms with E-state index in [2.05, 4.69) is 15.0 Å². The highest BCUT2D eigenvalue weighted by atomic mass is 16.6. The molecule has 1 unspecified atom stereocenters. The van der Waals surface area contributed by atoms with E-state index in [0.29, 0.717) is 24.8 Å². The molecule has 2 saturated heterocycles. The van der Waals surface area contributed by atoms with Crippen LogP contribution in [0.2, 0.25) is 0 Å². The van der Waals surface area contributed by atoms with E-state index in [1.165, 1.54) is 29.5 Å². The highest BCUT2D eigenvalue weighted by Gasteiger charge is 2.27. The Morgan fingerprint density at radius 2 is 2.11 bits per heavy atom. The minimum absolute atomic E-state index is 0.173. The first-order valence-electron chi connectivity index (χ1n) is 9.38. The average Bonchev–Trinajstić information content (AvgIpc) is 3.42. The van der Waals surface area contributed by atoms with Gasteiger partial charge in [0.05, 0.1) is 11.0 Å². The molecule has 1 aromatic carbocycles. The maximum atomic E-state index is 12.8. The SMILES string of the molecule is O=C(c1ccc(-n2cncn2)c([N+](=O)[O-])c1)N1CCN(CC2CCCO2)CC1. The Morgan fingerprint density at radius 3 is 2.75 bits per heavy atom. The van der Waals surface area contributed by atoms with Crippen molar-refractivity contribution in [3.05, 3.63) is 46.5 Å². The standard InChI is InChI=1S/C18H22N6O4/c25-18(22-7-5-21(6-8-22)11-15-2-1-9-28-15)14-3-4-16(17(10-14)24(26)27)23-13-19-12-20-23/h3-4,10,12-13,15H,1-2,5-9,11H2. The molecule has 2 aromatic rings. The molecular weight excluding hydrogens is 364 g/mol. The van der Waals surface area contributed by atoms with Gasteiger partial charge in [-0.25, -0.2) is 9.67 Å². The molecule has 2 fully saturated rings. The van der Waals surface area contributed by atoms with Crippen LogP contribution in [0.4, 0.5) is 5.69 Å².